The Labute approximate surface area is 153 Å². The van der Waals surface area contributed by atoms with E-state index in [2.05, 4.69) is 23.2 Å². The highest BCUT2D eigenvalue weighted by Gasteiger charge is 2.24. The smallest absolute Gasteiger partial charge is 0.253 e. The Kier molecular flexibility index (Phi) is 5.51. The molecule has 1 aromatic carbocycles. The van der Waals surface area contributed by atoms with Gasteiger partial charge in [-0.3, -0.25) is 14.3 Å². The van der Waals surface area contributed by atoms with Crippen molar-refractivity contribution in [3.8, 4) is 0 Å². The quantitative estimate of drug-likeness (QED) is 0.842. The summed E-state index contributed by atoms with van der Waals surface area (Å²) in [7, 11) is 0. The third-order valence-electron chi connectivity index (χ3n) is 4.69. The molecule has 0 unspecified atom stereocenters. The molecule has 3 rings (SSSR count). The van der Waals surface area contributed by atoms with Crippen LogP contribution in [0.4, 0.5) is 5.69 Å². The van der Waals surface area contributed by atoms with Crippen LogP contribution in [0, 0.1) is 12.8 Å². The van der Waals surface area contributed by atoms with Gasteiger partial charge in [0.15, 0.2) is 0 Å². The fraction of sp³-hybridized carbons (Fsp3) is 0.350. The van der Waals surface area contributed by atoms with Crippen molar-refractivity contribution in [3.05, 3.63) is 60.4 Å². The summed E-state index contributed by atoms with van der Waals surface area (Å²) in [6.07, 6.45) is 7.12. The minimum Gasteiger partial charge on any atom is -0.339 e. The number of piperidine rings is 1. The number of hydrogen-bond donors (Lipinski definition) is 1. The van der Waals surface area contributed by atoms with Crippen LogP contribution in [0.3, 0.4) is 0 Å². The predicted octanol–water partition coefficient (Wildman–Crippen LogP) is 2.87. The molecule has 0 radical (unpaired) electrons. The van der Waals surface area contributed by atoms with Crippen LogP contribution < -0.4 is 5.32 Å². The number of carbonyl (C=O) groups is 2. The average Bonchev–Trinajstić information content (AvgIpc) is 3.07. The normalized spacial score (nSPS) is 14.9. The van der Waals surface area contributed by atoms with Crippen molar-refractivity contribution in [1.29, 1.82) is 0 Å². The third-order valence-corrected chi connectivity index (χ3v) is 4.69. The van der Waals surface area contributed by atoms with Gasteiger partial charge in [0.1, 0.15) is 0 Å². The first-order valence-electron chi connectivity index (χ1n) is 8.87. The van der Waals surface area contributed by atoms with Crippen molar-refractivity contribution in [2.24, 2.45) is 5.92 Å². The molecule has 26 heavy (non-hydrogen) atoms. The first kappa shape index (κ1) is 17.9. The van der Waals surface area contributed by atoms with Gasteiger partial charge in [-0.1, -0.05) is 6.58 Å². The highest BCUT2D eigenvalue weighted by Crippen LogP contribution is 2.21. The summed E-state index contributed by atoms with van der Waals surface area (Å²) in [6.45, 7) is 7.90. The first-order valence-corrected chi connectivity index (χ1v) is 8.87. The number of nitrogens with one attached hydrogen (secondary N) is 1. The minimum absolute atomic E-state index is 0.0416. The maximum Gasteiger partial charge on any atom is 0.253 e. The Balaban J connectivity index is 1.53. The second-order valence-electron chi connectivity index (χ2n) is 6.75. The molecule has 0 saturated carbocycles. The molecule has 1 fully saturated rings. The van der Waals surface area contributed by atoms with Crippen molar-refractivity contribution in [2.45, 2.75) is 26.3 Å². The molecule has 1 N–H and O–H groups in total. The Bertz CT molecular complexity index is 786. The van der Waals surface area contributed by atoms with E-state index in [9.17, 15) is 9.59 Å². The van der Waals surface area contributed by atoms with Crippen LogP contribution in [-0.4, -0.2) is 39.6 Å². The van der Waals surface area contributed by atoms with E-state index in [-0.39, 0.29) is 11.8 Å². The largest absolute Gasteiger partial charge is 0.339 e. The molecule has 1 saturated heterocycles. The van der Waals surface area contributed by atoms with Gasteiger partial charge in [0.25, 0.3) is 5.91 Å². The Morgan fingerprint density at radius 1 is 1.27 bits per heavy atom. The lowest BCUT2D eigenvalue weighted by molar-refractivity contribution is -0.111. The van der Waals surface area contributed by atoms with Gasteiger partial charge in [-0.05, 0) is 61.6 Å². The minimum atomic E-state index is -0.265. The topological polar surface area (TPSA) is 67.2 Å². The number of hydrogen-bond acceptors (Lipinski definition) is 3. The number of carbonyl (C=O) groups excluding carboxylic acids is 2. The zero-order valence-electron chi connectivity index (χ0n) is 15.0. The summed E-state index contributed by atoms with van der Waals surface area (Å²) in [5.41, 5.74) is 2.47. The zero-order valence-corrected chi connectivity index (χ0v) is 15.0. The molecule has 6 heteroatoms. The molecule has 0 spiro atoms. The molecule has 136 valence electrons. The monoisotopic (exact) mass is 352 g/mol. The van der Waals surface area contributed by atoms with E-state index < -0.39 is 0 Å². The SMILES string of the molecule is C=CC(=O)Nc1ccc(C(=O)N2CCC(Cn3cc(C)cn3)CC2)cc1. The standard InChI is InChI=1S/C20H24N4O2/c1-3-19(25)22-18-6-4-17(5-7-18)20(26)23-10-8-16(9-11-23)14-24-13-15(2)12-21-24/h3-7,12-13,16H,1,8-11,14H2,2H3,(H,22,25). The number of amides is 2. The first-order chi connectivity index (χ1) is 12.5. The van der Waals surface area contributed by atoms with E-state index in [1.807, 2.05) is 22.7 Å². The van der Waals surface area contributed by atoms with E-state index in [1.165, 1.54) is 11.6 Å². The van der Waals surface area contributed by atoms with Crippen molar-refractivity contribution < 1.29 is 9.59 Å². The number of rotatable bonds is 5. The van der Waals surface area contributed by atoms with Crippen LogP contribution in [0.1, 0.15) is 28.8 Å². The van der Waals surface area contributed by atoms with Crippen molar-refractivity contribution in [3.63, 3.8) is 0 Å². The number of aryl methyl sites for hydroxylation is 1. The van der Waals surface area contributed by atoms with E-state index >= 15 is 0 Å². The summed E-state index contributed by atoms with van der Waals surface area (Å²) < 4.78 is 1.99. The van der Waals surface area contributed by atoms with Crippen LogP contribution in [0.5, 0.6) is 0 Å². The van der Waals surface area contributed by atoms with E-state index in [0.717, 1.165) is 32.5 Å². The van der Waals surface area contributed by atoms with E-state index in [4.69, 9.17) is 0 Å². The van der Waals surface area contributed by atoms with Crippen LogP contribution in [0.2, 0.25) is 0 Å². The summed E-state index contributed by atoms with van der Waals surface area (Å²) in [5, 5.41) is 7.02. The second-order valence-corrected chi connectivity index (χ2v) is 6.75. The summed E-state index contributed by atoms with van der Waals surface area (Å²) >= 11 is 0. The number of nitrogens with zero attached hydrogens (tertiary/aromatic N) is 3. The molecule has 0 aliphatic carbocycles. The van der Waals surface area contributed by atoms with E-state index in [0.29, 0.717) is 17.2 Å². The van der Waals surface area contributed by atoms with Crippen LogP contribution in [0.25, 0.3) is 0 Å². The molecule has 2 aromatic rings. The fourth-order valence-corrected chi connectivity index (χ4v) is 3.22. The maximum atomic E-state index is 12.7. The molecule has 1 aliphatic rings. The van der Waals surface area contributed by atoms with Gasteiger partial charge in [0, 0.05) is 37.1 Å². The van der Waals surface area contributed by atoms with E-state index in [1.54, 1.807) is 24.3 Å². The second kappa shape index (κ2) is 7.99. The van der Waals surface area contributed by atoms with Crippen molar-refractivity contribution in [2.75, 3.05) is 18.4 Å². The zero-order chi connectivity index (χ0) is 18.5. The third kappa shape index (κ3) is 4.39. The highest BCUT2D eigenvalue weighted by atomic mass is 16.2. The highest BCUT2D eigenvalue weighted by molar-refractivity contribution is 5.99. The maximum absolute atomic E-state index is 12.7. The molecule has 2 amide bonds. The van der Waals surface area contributed by atoms with Gasteiger partial charge >= 0.3 is 0 Å². The van der Waals surface area contributed by atoms with Gasteiger partial charge in [0.05, 0.1) is 6.20 Å². The Morgan fingerprint density at radius 2 is 1.96 bits per heavy atom. The molecule has 0 atom stereocenters. The summed E-state index contributed by atoms with van der Waals surface area (Å²) in [6, 6.07) is 6.97. The fourth-order valence-electron chi connectivity index (χ4n) is 3.22. The molecule has 1 aliphatic heterocycles. The predicted molar refractivity (Wildman–Crippen MR) is 101 cm³/mol. The lowest BCUT2D eigenvalue weighted by Crippen LogP contribution is -2.39. The molecule has 0 bridgehead atoms. The molecular formula is C20H24N4O2. The van der Waals surface area contributed by atoms with Gasteiger partial charge in [-0.2, -0.15) is 5.10 Å². The van der Waals surface area contributed by atoms with Gasteiger partial charge in [0.2, 0.25) is 5.91 Å². The Morgan fingerprint density at radius 3 is 2.54 bits per heavy atom. The molecule has 2 heterocycles. The lowest BCUT2D eigenvalue weighted by atomic mass is 9.96. The Hall–Kier alpha value is -2.89. The van der Waals surface area contributed by atoms with Crippen LogP contribution in [-0.2, 0) is 11.3 Å². The van der Waals surface area contributed by atoms with Gasteiger partial charge in [-0.15, -0.1) is 0 Å². The number of benzene rings is 1. The van der Waals surface area contributed by atoms with Crippen molar-refractivity contribution >= 4 is 17.5 Å². The molecular weight excluding hydrogens is 328 g/mol. The van der Waals surface area contributed by atoms with Crippen LogP contribution >= 0.6 is 0 Å². The number of aromatic nitrogens is 2. The molecule has 6 nitrogen and oxygen atoms in total. The van der Waals surface area contributed by atoms with Crippen molar-refractivity contribution in [1.82, 2.24) is 14.7 Å². The number of anilines is 1. The van der Waals surface area contributed by atoms with Crippen LogP contribution in [0.15, 0.2) is 49.3 Å². The summed E-state index contributed by atoms with van der Waals surface area (Å²) in [5.74, 6) is 0.327. The van der Waals surface area contributed by atoms with Gasteiger partial charge in [-0.25, -0.2) is 0 Å². The molecule has 1 aromatic heterocycles. The lowest BCUT2D eigenvalue weighted by Gasteiger charge is -2.32. The average molecular weight is 352 g/mol. The number of likely N-dealkylation sites (tertiary alicyclic amines) is 1. The summed E-state index contributed by atoms with van der Waals surface area (Å²) in [4.78, 5) is 25.9. The van der Waals surface area contributed by atoms with Gasteiger partial charge < -0.3 is 10.2 Å².